The predicted octanol–water partition coefficient (Wildman–Crippen LogP) is 1.62. The molecule has 136 valence electrons. The number of hydrogen-bond acceptors (Lipinski definition) is 4. The average Bonchev–Trinajstić information content (AvgIpc) is 3.30. The van der Waals surface area contributed by atoms with Crippen LogP contribution >= 0.6 is 0 Å². The second kappa shape index (κ2) is 6.40. The highest BCUT2D eigenvalue weighted by atomic mass is 19.1. The van der Waals surface area contributed by atoms with Crippen molar-refractivity contribution >= 4 is 12.0 Å². The van der Waals surface area contributed by atoms with Crippen LogP contribution in [0.3, 0.4) is 0 Å². The SMILES string of the molecule is O=C(O)N1CC2[C@H](CCCN2C(=O)c2cc(F)ccc2-n2nccn2)C1. The van der Waals surface area contributed by atoms with Crippen LogP contribution in [0.25, 0.3) is 5.69 Å². The molecule has 2 aliphatic rings. The Morgan fingerprint density at radius 2 is 1.96 bits per heavy atom. The van der Waals surface area contributed by atoms with Crippen LogP contribution in [0.15, 0.2) is 30.6 Å². The molecular weight excluding hydrogens is 341 g/mol. The molecule has 0 radical (unpaired) electrons. The molecule has 8 nitrogen and oxygen atoms in total. The zero-order chi connectivity index (χ0) is 18.3. The molecule has 1 aromatic carbocycles. The predicted molar refractivity (Wildman–Crippen MR) is 88.5 cm³/mol. The smallest absolute Gasteiger partial charge is 0.407 e. The number of hydrogen-bond donors (Lipinski definition) is 1. The first kappa shape index (κ1) is 16.5. The molecule has 0 spiro atoms. The Bertz CT molecular complexity index is 841. The van der Waals surface area contributed by atoms with Crippen molar-refractivity contribution in [1.82, 2.24) is 24.8 Å². The maximum atomic E-state index is 13.8. The number of carbonyl (C=O) groups excluding carboxylic acids is 1. The Labute approximate surface area is 148 Å². The number of carboxylic acid groups (broad SMARTS) is 1. The summed E-state index contributed by atoms with van der Waals surface area (Å²) in [6.45, 7) is 1.24. The van der Waals surface area contributed by atoms with E-state index in [-0.39, 0.29) is 30.0 Å². The summed E-state index contributed by atoms with van der Waals surface area (Å²) in [5, 5.41) is 17.3. The number of rotatable bonds is 2. The highest BCUT2D eigenvalue weighted by Gasteiger charge is 2.43. The lowest BCUT2D eigenvalue weighted by Crippen LogP contribution is -2.48. The molecule has 3 heterocycles. The molecule has 2 saturated heterocycles. The van der Waals surface area contributed by atoms with Crippen LogP contribution in [0.4, 0.5) is 9.18 Å². The van der Waals surface area contributed by atoms with Crippen LogP contribution in [0, 0.1) is 11.7 Å². The van der Waals surface area contributed by atoms with Crippen molar-refractivity contribution in [3.8, 4) is 5.69 Å². The minimum absolute atomic E-state index is 0.114. The van der Waals surface area contributed by atoms with Crippen molar-refractivity contribution in [2.75, 3.05) is 19.6 Å². The van der Waals surface area contributed by atoms with Gasteiger partial charge in [0.25, 0.3) is 5.91 Å². The number of aromatic nitrogens is 3. The van der Waals surface area contributed by atoms with Crippen molar-refractivity contribution in [3.63, 3.8) is 0 Å². The van der Waals surface area contributed by atoms with E-state index in [0.29, 0.717) is 18.8 Å². The van der Waals surface area contributed by atoms with Crippen LogP contribution in [0.5, 0.6) is 0 Å². The van der Waals surface area contributed by atoms with Gasteiger partial charge in [0.1, 0.15) is 5.82 Å². The molecule has 1 N–H and O–H groups in total. The summed E-state index contributed by atoms with van der Waals surface area (Å²) >= 11 is 0. The maximum Gasteiger partial charge on any atom is 0.407 e. The Balaban J connectivity index is 1.67. The number of likely N-dealkylation sites (tertiary alicyclic amines) is 2. The Kier molecular flexibility index (Phi) is 4.06. The molecule has 0 saturated carbocycles. The van der Waals surface area contributed by atoms with Crippen LogP contribution in [0.2, 0.25) is 0 Å². The van der Waals surface area contributed by atoms with Gasteiger partial charge in [0.05, 0.1) is 29.7 Å². The average molecular weight is 359 g/mol. The van der Waals surface area contributed by atoms with E-state index < -0.39 is 11.9 Å². The summed E-state index contributed by atoms with van der Waals surface area (Å²) in [5.41, 5.74) is 0.576. The van der Waals surface area contributed by atoms with E-state index in [2.05, 4.69) is 10.2 Å². The normalized spacial score (nSPS) is 22.3. The van der Waals surface area contributed by atoms with Gasteiger partial charge in [-0.3, -0.25) is 4.79 Å². The molecule has 2 aromatic rings. The van der Waals surface area contributed by atoms with Crippen molar-refractivity contribution in [3.05, 3.63) is 42.0 Å². The summed E-state index contributed by atoms with van der Waals surface area (Å²) in [7, 11) is 0. The highest BCUT2D eigenvalue weighted by Crippen LogP contribution is 2.32. The van der Waals surface area contributed by atoms with Gasteiger partial charge >= 0.3 is 6.09 Å². The fourth-order valence-electron chi connectivity index (χ4n) is 3.94. The van der Waals surface area contributed by atoms with Crippen molar-refractivity contribution in [1.29, 1.82) is 0 Å². The van der Waals surface area contributed by atoms with Gasteiger partial charge < -0.3 is 14.9 Å². The second-order valence-electron chi connectivity index (χ2n) is 6.64. The molecule has 0 aliphatic carbocycles. The first-order chi connectivity index (χ1) is 12.5. The van der Waals surface area contributed by atoms with Crippen molar-refractivity contribution < 1.29 is 19.1 Å². The van der Waals surface area contributed by atoms with Crippen molar-refractivity contribution in [2.45, 2.75) is 18.9 Å². The first-order valence-electron chi connectivity index (χ1n) is 8.49. The van der Waals surface area contributed by atoms with Gasteiger partial charge in [0.2, 0.25) is 0 Å². The molecular formula is C17H18FN5O3. The fraction of sp³-hybridized carbons (Fsp3) is 0.412. The largest absolute Gasteiger partial charge is 0.465 e. The lowest BCUT2D eigenvalue weighted by molar-refractivity contribution is 0.0569. The molecule has 26 heavy (non-hydrogen) atoms. The summed E-state index contributed by atoms with van der Waals surface area (Å²) in [5.74, 6) is -0.723. The molecule has 0 bridgehead atoms. The van der Waals surface area contributed by atoms with E-state index in [0.717, 1.165) is 12.8 Å². The fourth-order valence-corrected chi connectivity index (χ4v) is 3.94. The van der Waals surface area contributed by atoms with E-state index in [1.54, 1.807) is 4.90 Å². The summed E-state index contributed by atoms with van der Waals surface area (Å²) in [4.78, 5) is 28.8. The highest BCUT2D eigenvalue weighted by molar-refractivity contribution is 5.98. The standard InChI is InChI=1S/C17H18FN5O3/c18-12-3-4-14(23-19-5-6-20-23)13(8-12)16(24)22-7-1-2-11-9-21(17(25)26)10-15(11)22/h3-6,8,11,15H,1-2,7,9-10H2,(H,25,26)/t11-,15?/m1/s1. The molecule has 9 heteroatoms. The minimum Gasteiger partial charge on any atom is -0.465 e. The summed E-state index contributed by atoms with van der Waals surface area (Å²) < 4.78 is 13.8. The summed E-state index contributed by atoms with van der Waals surface area (Å²) in [6.07, 6.45) is 3.67. The third-order valence-electron chi connectivity index (χ3n) is 5.14. The van der Waals surface area contributed by atoms with Gasteiger partial charge in [-0.15, -0.1) is 0 Å². The Hall–Kier alpha value is -2.97. The third-order valence-corrected chi connectivity index (χ3v) is 5.14. The number of fused-ring (bicyclic) bond motifs is 1. The van der Waals surface area contributed by atoms with Gasteiger partial charge in [0, 0.05) is 19.6 Å². The zero-order valence-corrected chi connectivity index (χ0v) is 14.0. The van der Waals surface area contributed by atoms with E-state index in [9.17, 15) is 19.1 Å². The number of piperidine rings is 1. The van der Waals surface area contributed by atoms with E-state index in [4.69, 9.17) is 0 Å². The maximum absolute atomic E-state index is 13.8. The third kappa shape index (κ3) is 2.79. The van der Waals surface area contributed by atoms with E-state index in [1.165, 1.54) is 40.3 Å². The molecule has 4 rings (SSSR count). The zero-order valence-electron chi connectivity index (χ0n) is 14.0. The lowest BCUT2D eigenvalue weighted by Gasteiger charge is -2.37. The molecule has 2 aliphatic heterocycles. The molecule has 1 unspecified atom stereocenters. The Morgan fingerprint density at radius 3 is 2.69 bits per heavy atom. The molecule has 1 aromatic heterocycles. The quantitative estimate of drug-likeness (QED) is 0.880. The van der Waals surface area contributed by atoms with Crippen molar-refractivity contribution in [2.24, 2.45) is 5.92 Å². The van der Waals surface area contributed by atoms with Crippen LogP contribution < -0.4 is 0 Å². The summed E-state index contributed by atoms with van der Waals surface area (Å²) in [6, 6.07) is 3.74. The first-order valence-corrected chi connectivity index (χ1v) is 8.49. The van der Waals surface area contributed by atoms with Crippen LogP contribution in [-0.4, -0.2) is 67.6 Å². The van der Waals surface area contributed by atoms with Crippen LogP contribution in [0.1, 0.15) is 23.2 Å². The minimum atomic E-state index is -0.973. The number of carbonyl (C=O) groups is 2. The topological polar surface area (TPSA) is 91.6 Å². The number of nitrogens with zero attached hydrogens (tertiary/aromatic N) is 5. The number of benzene rings is 1. The van der Waals surface area contributed by atoms with E-state index >= 15 is 0 Å². The Morgan fingerprint density at radius 1 is 1.19 bits per heavy atom. The van der Waals surface area contributed by atoms with Gasteiger partial charge in [0.15, 0.2) is 0 Å². The van der Waals surface area contributed by atoms with Crippen LogP contribution in [-0.2, 0) is 0 Å². The van der Waals surface area contributed by atoms with Gasteiger partial charge in [-0.25, -0.2) is 9.18 Å². The number of halogens is 1. The molecule has 2 atom stereocenters. The van der Waals surface area contributed by atoms with Gasteiger partial charge in [-0.2, -0.15) is 15.0 Å². The molecule has 2 amide bonds. The van der Waals surface area contributed by atoms with Gasteiger partial charge in [-0.1, -0.05) is 0 Å². The second-order valence-corrected chi connectivity index (χ2v) is 6.64. The van der Waals surface area contributed by atoms with Gasteiger partial charge in [-0.05, 0) is 37.0 Å². The number of amides is 2. The lowest BCUT2D eigenvalue weighted by atomic mass is 9.91. The van der Waals surface area contributed by atoms with E-state index in [1.807, 2.05) is 0 Å². The molecule has 2 fully saturated rings. The monoisotopic (exact) mass is 359 g/mol.